The summed E-state index contributed by atoms with van der Waals surface area (Å²) in [7, 11) is -3.75. The molecule has 3 N–H and O–H groups in total. The molecule has 0 fully saturated rings. The van der Waals surface area contributed by atoms with E-state index in [1.54, 1.807) is 18.2 Å². The molecule has 0 spiro atoms. The molecular formula is C6H8NO3P. The maximum Gasteiger partial charge on any atom is 0.374 e. The molecule has 0 bridgehead atoms. The Hall–Kier alpha value is -0.670. The summed E-state index contributed by atoms with van der Waals surface area (Å²) in [6.45, 7) is 0. The summed E-state index contributed by atoms with van der Waals surface area (Å²) in [5.74, 6) is 4.63. The lowest BCUT2D eigenvalue weighted by Crippen LogP contribution is -2.09. The van der Waals surface area contributed by atoms with Crippen LogP contribution in [0.5, 0.6) is 0 Å². The quantitative estimate of drug-likeness (QED) is 0.501. The van der Waals surface area contributed by atoms with Crippen LogP contribution in [0.25, 0.3) is 0 Å². The van der Waals surface area contributed by atoms with Crippen LogP contribution in [0.2, 0.25) is 0 Å². The van der Waals surface area contributed by atoms with Crippen molar-refractivity contribution in [2.24, 2.45) is 5.90 Å². The molecule has 1 atom stereocenters. The molecule has 0 radical (unpaired) electrons. The number of nitrogens with two attached hydrogens (primary N) is 1. The van der Waals surface area contributed by atoms with Crippen LogP contribution in [0.4, 0.5) is 0 Å². The normalized spacial score (nSPS) is 15.8. The summed E-state index contributed by atoms with van der Waals surface area (Å²) in [6, 6.07) is 7.97. The summed E-state index contributed by atoms with van der Waals surface area (Å²) in [5.41, 5.74) is 0. The highest BCUT2D eigenvalue weighted by atomic mass is 31.2. The van der Waals surface area contributed by atoms with E-state index in [4.69, 9.17) is 4.89 Å². The molecule has 0 heterocycles. The van der Waals surface area contributed by atoms with Crippen molar-refractivity contribution >= 4 is 12.9 Å². The molecule has 11 heavy (non-hydrogen) atoms. The second kappa shape index (κ2) is 3.15. The highest BCUT2D eigenvalue weighted by molar-refractivity contribution is 7.61. The highest BCUT2D eigenvalue weighted by Gasteiger charge is 2.20. The zero-order valence-electron chi connectivity index (χ0n) is 5.68. The molecule has 1 rings (SSSR count). The van der Waals surface area contributed by atoms with Crippen molar-refractivity contribution in [2.75, 3.05) is 0 Å². The first-order chi connectivity index (χ1) is 5.17. The third kappa shape index (κ3) is 1.88. The average Bonchev–Trinajstić information content (AvgIpc) is 2.06. The molecule has 0 aromatic heterocycles. The maximum atomic E-state index is 11.0. The monoisotopic (exact) mass is 173 g/mol. The minimum Gasteiger partial charge on any atom is -0.320 e. The largest absolute Gasteiger partial charge is 0.374 e. The molecule has 5 heteroatoms. The number of rotatable bonds is 2. The molecule has 60 valence electrons. The minimum absolute atomic E-state index is 0.197. The number of hydrogen-bond donors (Lipinski definition) is 2. The van der Waals surface area contributed by atoms with Crippen LogP contribution in [0.1, 0.15) is 0 Å². The van der Waals surface area contributed by atoms with Gasteiger partial charge in [0.15, 0.2) is 0 Å². The summed E-state index contributed by atoms with van der Waals surface area (Å²) in [6.07, 6.45) is 0. The standard InChI is InChI=1S/C6H8NO3P/c7-10-11(8,9)6-4-2-1-3-5-6/h1-5H,7H2,(H,8,9). The summed E-state index contributed by atoms with van der Waals surface area (Å²) >= 11 is 0. The lowest BCUT2D eigenvalue weighted by Gasteiger charge is -2.06. The third-order valence-corrected chi connectivity index (χ3v) is 2.46. The molecule has 0 saturated carbocycles. The van der Waals surface area contributed by atoms with Gasteiger partial charge in [-0.25, -0.2) is 10.5 Å². The van der Waals surface area contributed by atoms with Crippen LogP contribution in [0.15, 0.2) is 30.3 Å². The van der Waals surface area contributed by atoms with Gasteiger partial charge in [0.1, 0.15) is 0 Å². The van der Waals surface area contributed by atoms with Gasteiger partial charge in [-0.15, -0.1) is 0 Å². The second-order valence-electron chi connectivity index (χ2n) is 1.96. The molecular weight excluding hydrogens is 165 g/mol. The summed E-state index contributed by atoms with van der Waals surface area (Å²) in [5, 5.41) is 0.197. The zero-order valence-corrected chi connectivity index (χ0v) is 6.57. The minimum atomic E-state index is -3.75. The number of hydrogen-bond acceptors (Lipinski definition) is 3. The van der Waals surface area contributed by atoms with Gasteiger partial charge < -0.3 is 4.89 Å². The molecule has 4 nitrogen and oxygen atoms in total. The molecule has 0 amide bonds. The molecule has 0 aliphatic carbocycles. The van der Waals surface area contributed by atoms with E-state index in [1.165, 1.54) is 12.1 Å². The van der Waals surface area contributed by atoms with Gasteiger partial charge >= 0.3 is 7.60 Å². The lowest BCUT2D eigenvalue weighted by atomic mass is 10.4. The van der Waals surface area contributed by atoms with Gasteiger partial charge in [0.25, 0.3) is 0 Å². The van der Waals surface area contributed by atoms with Crippen molar-refractivity contribution in [1.82, 2.24) is 0 Å². The van der Waals surface area contributed by atoms with Gasteiger partial charge in [0, 0.05) is 0 Å². The fourth-order valence-corrected chi connectivity index (χ4v) is 1.35. The Morgan fingerprint density at radius 1 is 1.36 bits per heavy atom. The van der Waals surface area contributed by atoms with Crippen molar-refractivity contribution in [3.63, 3.8) is 0 Å². The van der Waals surface area contributed by atoms with Gasteiger partial charge in [-0.2, -0.15) is 0 Å². The van der Waals surface area contributed by atoms with E-state index in [-0.39, 0.29) is 5.30 Å². The lowest BCUT2D eigenvalue weighted by molar-refractivity contribution is 0.278. The van der Waals surface area contributed by atoms with E-state index < -0.39 is 7.60 Å². The Bertz CT molecular complexity index is 274. The first-order valence-electron chi connectivity index (χ1n) is 2.94. The first-order valence-corrected chi connectivity index (χ1v) is 4.51. The second-order valence-corrected chi connectivity index (χ2v) is 3.73. The van der Waals surface area contributed by atoms with E-state index >= 15 is 0 Å². The Kier molecular flexibility index (Phi) is 2.42. The average molecular weight is 173 g/mol. The zero-order chi connectivity index (χ0) is 8.32. The van der Waals surface area contributed by atoms with Crippen molar-refractivity contribution in [3.8, 4) is 0 Å². The third-order valence-electron chi connectivity index (χ3n) is 1.23. The molecule has 1 aromatic rings. The first kappa shape index (κ1) is 8.43. The van der Waals surface area contributed by atoms with E-state index in [2.05, 4.69) is 10.5 Å². The fourth-order valence-electron chi connectivity index (χ4n) is 0.677. The van der Waals surface area contributed by atoms with Crippen molar-refractivity contribution in [1.29, 1.82) is 0 Å². The van der Waals surface area contributed by atoms with Crippen molar-refractivity contribution in [2.45, 2.75) is 0 Å². The molecule has 0 saturated heterocycles. The van der Waals surface area contributed by atoms with Gasteiger partial charge in [0.05, 0.1) is 5.30 Å². The summed E-state index contributed by atoms with van der Waals surface area (Å²) < 4.78 is 14.9. The molecule has 0 aliphatic rings. The topological polar surface area (TPSA) is 72.5 Å². The number of benzene rings is 1. The van der Waals surface area contributed by atoms with Crippen LogP contribution in [0, 0.1) is 0 Å². The smallest absolute Gasteiger partial charge is 0.320 e. The van der Waals surface area contributed by atoms with Crippen molar-refractivity contribution < 1.29 is 14.1 Å². The van der Waals surface area contributed by atoms with Crippen LogP contribution in [0.3, 0.4) is 0 Å². The Labute approximate surface area is 64.1 Å². The van der Waals surface area contributed by atoms with Gasteiger partial charge in [-0.3, -0.25) is 4.57 Å². The van der Waals surface area contributed by atoms with Crippen LogP contribution in [-0.2, 0) is 9.19 Å². The van der Waals surface area contributed by atoms with Gasteiger partial charge in [-0.1, -0.05) is 18.2 Å². The Morgan fingerprint density at radius 3 is 2.36 bits per heavy atom. The highest BCUT2D eigenvalue weighted by Crippen LogP contribution is 2.37. The molecule has 1 unspecified atom stereocenters. The van der Waals surface area contributed by atoms with Crippen LogP contribution < -0.4 is 11.2 Å². The SMILES string of the molecule is NOP(=O)(O)c1ccccc1. The fraction of sp³-hybridized carbons (Fsp3) is 0. The molecule has 0 aliphatic heterocycles. The van der Waals surface area contributed by atoms with Gasteiger partial charge in [-0.05, 0) is 12.1 Å². The van der Waals surface area contributed by atoms with E-state index in [0.29, 0.717) is 0 Å². The predicted molar refractivity (Wildman–Crippen MR) is 41.2 cm³/mol. The van der Waals surface area contributed by atoms with Crippen molar-refractivity contribution in [3.05, 3.63) is 30.3 Å². The van der Waals surface area contributed by atoms with Crippen LogP contribution >= 0.6 is 7.60 Å². The van der Waals surface area contributed by atoms with E-state index in [0.717, 1.165) is 0 Å². The predicted octanol–water partition coefficient (Wildman–Crippen LogP) is 0.388. The Morgan fingerprint density at radius 2 is 1.91 bits per heavy atom. The van der Waals surface area contributed by atoms with Gasteiger partial charge in [0.2, 0.25) is 0 Å². The Balaban J connectivity index is 3.03. The van der Waals surface area contributed by atoms with Crippen LogP contribution in [-0.4, -0.2) is 4.89 Å². The maximum absolute atomic E-state index is 11.0. The summed E-state index contributed by atoms with van der Waals surface area (Å²) in [4.78, 5) is 9.00. The van der Waals surface area contributed by atoms with E-state index in [1.807, 2.05) is 0 Å². The molecule has 1 aromatic carbocycles. The van der Waals surface area contributed by atoms with E-state index in [9.17, 15) is 4.57 Å².